The van der Waals surface area contributed by atoms with Crippen LogP contribution >= 0.6 is 0 Å². The normalized spacial score (nSPS) is 19.9. The number of hydrogen-bond donors (Lipinski definition) is 0. The average molecular weight is 235 g/mol. The van der Waals surface area contributed by atoms with Crippen LogP contribution in [-0.4, -0.2) is 30.9 Å². The fourth-order valence-corrected chi connectivity index (χ4v) is 1.95. The van der Waals surface area contributed by atoms with Gasteiger partial charge in [-0.05, 0) is 31.4 Å². The van der Waals surface area contributed by atoms with Crippen molar-refractivity contribution in [2.45, 2.75) is 25.5 Å². The second-order valence-corrected chi connectivity index (χ2v) is 4.00. The molecule has 4 heteroatoms. The summed E-state index contributed by atoms with van der Waals surface area (Å²) in [5, 5.41) is 1.33. The molecule has 92 valence electrons. The topological polar surface area (TPSA) is 38.8 Å². The lowest BCUT2D eigenvalue weighted by Gasteiger charge is -2.31. The molecule has 0 spiro atoms. The summed E-state index contributed by atoms with van der Waals surface area (Å²) in [6, 6.07) is 9.10. The predicted molar refractivity (Wildman–Crippen MR) is 63.2 cm³/mol. The summed E-state index contributed by atoms with van der Waals surface area (Å²) in [5.74, 6) is -0.153. The van der Waals surface area contributed by atoms with Gasteiger partial charge in [0.15, 0.2) is 6.23 Å². The number of amides is 1. The van der Waals surface area contributed by atoms with Crippen molar-refractivity contribution in [2.75, 3.05) is 13.7 Å². The maximum atomic E-state index is 12.2. The van der Waals surface area contributed by atoms with Crippen molar-refractivity contribution in [3.63, 3.8) is 0 Å². The molecule has 17 heavy (non-hydrogen) atoms. The molecule has 0 radical (unpaired) electrons. The standard InChI is InChI=1S/C13H17NO3/c1-16-14(12-9-5-6-10-17-12)13(15)11-7-3-2-4-8-11/h2-4,7-8,12H,5-6,9-10H2,1H3. The number of hydrogen-bond acceptors (Lipinski definition) is 3. The second kappa shape index (κ2) is 5.80. The zero-order valence-corrected chi connectivity index (χ0v) is 9.96. The Bertz CT molecular complexity index is 360. The molecule has 1 aliphatic rings. The largest absolute Gasteiger partial charge is 0.356 e. The summed E-state index contributed by atoms with van der Waals surface area (Å²) in [7, 11) is 1.50. The van der Waals surface area contributed by atoms with Crippen LogP contribution < -0.4 is 0 Å². The van der Waals surface area contributed by atoms with Crippen molar-refractivity contribution in [1.29, 1.82) is 0 Å². The molecule has 0 aliphatic carbocycles. The maximum Gasteiger partial charge on any atom is 0.279 e. The molecule has 2 rings (SSSR count). The Morgan fingerprint density at radius 3 is 2.71 bits per heavy atom. The van der Waals surface area contributed by atoms with Crippen molar-refractivity contribution >= 4 is 5.91 Å². The van der Waals surface area contributed by atoms with Crippen LogP contribution in [0.15, 0.2) is 30.3 Å². The molecule has 0 N–H and O–H groups in total. The van der Waals surface area contributed by atoms with Gasteiger partial charge in [-0.15, -0.1) is 0 Å². The monoisotopic (exact) mass is 235 g/mol. The molecule has 1 aromatic carbocycles. The van der Waals surface area contributed by atoms with Gasteiger partial charge in [0.1, 0.15) is 0 Å². The molecule has 1 saturated heterocycles. The Hall–Kier alpha value is -1.39. The first kappa shape index (κ1) is 12.1. The van der Waals surface area contributed by atoms with Crippen molar-refractivity contribution in [3.05, 3.63) is 35.9 Å². The van der Waals surface area contributed by atoms with E-state index in [1.54, 1.807) is 12.1 Å². The third-order valence-corrected chi connectivity index (χ3v) is 2.83. The van der Waals surface area contributed by atoms with Gasteiger partial charge in [0.2, 0.25) is 0 Å². The van der Waals surface area contributed by atoms with Crippen LogP contribution in [0.4, 0.5) is 0 Å². The zero-order chi connectivity index (χ0) is 12.1. The van der Waals surface area contributed by atoms with Gasteiger partial charge < -0.3 is 4.74 Å². The highest BCUT2D eigenvalue weighted by Gasteiger charge is 2.27. The van der Waals surface area contributed by atoms with Crippen molar-refractivity contribution in [2.24, 2.45) is 0 Å². The molecule has 1 aliphatic heterocycles. The Labute approximate surface area is 101 Å². The molecule has 1 unspecified atom stereocenters. The SMILES string of the molecule is CON(C(=O)c1ccccc1)C1CCCCO1. The first-order valence-electron chi connectivity index (χ1n) is 5.87. The van der Waals surface area contributed by atoms with Gasteiger partial charge in [0.05, 0.1) is 7.11 Å². The van der Waals surface area contributed by atoms with Crippen LogP contribution in [0.1, 0.15) is 29.6 Å². The number of carbonyl (C=O) groups is 1. The van der Waals surface area contributed by atoms with Gasteiger partial charge in [-0.2, -0.15) is 5.06 Å². The van der Waals surface area contributed by atoms with E-state index < -0.39 is 0 Å². The molecule has 0 saturated carbocycles. The summed E-state index contributed by atoms with van der Waals surface area (Å²) >= 11 is 0. The third-order valence-electron chi connectivity index (χ3n) is 2.83. The van der Waals surface area contributed by atoms with E-state index in [-0.39, 0.29) is 12.1 Å². The van der Waals surface area contributed by atoms with Crippen LogP contribution in [0.25, 0.3) is 0 Å². The highest BCUT2D eigenvalue weighted by atomic mass is 16.7. The van der Waals surface area contributed by atoms with E-state index >= 15 is 0 Å². The molecule has 4 nitrogen and oxygen atoms in total. The van der Waals surface area contributed by atoms with E-state index in [1.807, 2.05) is 18.2 Å². The van der Waals surface area contributed by atoms with Gasteiger partial charge in [-0.25, -0.2) is 0 Å². The Morgan fingerprint density at radius 1 is 1.35 bits per heavy atom. The first-order valence-corrected chi connectivity index (χ1v) is 5.87. The lowest BCUT2D eigenvalue weighted by atomic mass is 10.1. The first-order chi connectivity index (χ1) is 8.33. The minimum absolute atomic E-state index is 0.153. The summed E-state index contributed by atoms with van der Waals surface area (Å²) in [4.78, 5) is 17.4. The maximum absolute atomic E-state index is 12.2. The number of benzene rings is 1. The molecule has 1 fully saturated rings. The smallest absolute Gasteiger partial charge is 0.279 e. The van der Waals surface area contributed by atoms with Crippen molar-refractivity contribution in [1.82, 2.24) is 5.06 Å². The Kier molecular flexibility index (Phi) is 4.12. The fraction of sp³-hybridized carbons (Fsp3) is 0.462. The summed E-state index contributed by atoms with van der Waals surface area (Å²) in [6.45, 7) is 0.687. The highest BCUT2D eigenvalue weighted by Crippen LogP contribution is 2.18. The van der Waals surface area contributed by atoms with Gasteiger partial charge >= 0.3 is 0 Å². The number of rotatable bonds is 3. The van der Waals surface area contributed by atoms with E-state index in [4.69, 9.17) is 9.57 Å². The summed E-state index contributed by atoms with van der Waals surface area (Å²) in [6.07, 6.45) is 2.67. The second-order valence-electron chi connectivity index (χ2n) is 4.00. The van der Waals surface area contributed by atoms with Gasteiger partial charge in [0.25, 0.3) is 5.91 Å². The van der Waals surface area contributed by atoms with Crippen molar-refractivity contribution in [3.8, 4) is 0 Å². The molecule has 1 atom stereocenters. The van der Waals surface area contributed by atoms with Gasteiger partial charge in [0, 0.05) is 12.2 Å². The molecule has 0 bridgehead atoms. The quantitative estimate of drug-likeness (QED) is 0.754. The van der Waals surface area contributed by atoms with E-state index in [0.717, 1.165) is 19.3 Å². The predicted octanol–water partition coefficient (Wildman–Crippen LogP) is 2.22. The molecule has 0 aromatic heterocycles. The molecular weight excluding hydrogens is 218 g/mol. The molecule has 1 heterocycles. The van der Waals surface area contributed by atoms with E-state index in [9.17, 15) is 4.79 Å². The lowest BCUT2D eigenvalue weighted by molar-refractivity contribution is -0.213. The van der Waals surface area contributed by atoms with Crippen LogP contribution in [0.2, 0.25) is 0 Å². The number of nitrogens with zero attached hydrogens (tertiary/aromatic N) is 1. The lowest BCUT2D eigenvalue weighted by Crippen LogP contribution is -2.42. The number of hydroxylamine groups is 2. The summed E-state index contributed by atoms with van der Waals surface area (Å²) < 4.78 is 5.55. The Morgan fingerprint density at radius 2 is 2.12 bits per heavy atom. The van der Waals surface area contributed by atoms with E-state index in [2.05, 4.69) is 0 Å². The summed E-state index contributed by atoms with van der Waals surface area (Å²) in [5.41, 5.74) is 0.614. The molecular formula is C13H17NO3. The van der Waals surface area contributed by atoms with Crippen LogP contribution in [0, 0.1) is 0 Å². The number of ether oxygens (including phenoxy) is 1. The van der Waals surface area contributed by atoms with Crippen LogP contribution in [-0.2, 0) is 9.57 Å². The molecule has 1 aromatic rings. The minimum atomic E-state index is -0.263. The van der Waals surface area contributed by atoms with Gasteiger partial charge in [-0.1, -0.05) is 18.2 Å². The minimum Gasteiger partial charge on any atom is -0.356 e. The highest BCUT2D eigenvalue weighted by molar-refractivity contribution is 5.93. The van der Waals surface area contributed by atoms with Crippen LogP contribution in [0.3, 0.4) is 0 Å². The van der Waals surface area contributed by atoms with Gasteiger partial charge in [-0.3, -0.25) is 9.63 Å². The zero-order valence-electron chi connectivity index (χ0n) is 9.96. The molecule has 1 amide bonds. The Balaban J connectivity index is 2.09. The van der Waals surface area contributed by atoms with E-state index in [0.29, 0.717) is 12.2 Å². The number of carbonyl (C=O) groups excluding carboxylic acids is 1. The average Bonchev–Trinajstić information content (AvgIpc) is 2.42. The fourth-order valence-electron chi connectivity index (χ4n) is 1.95. The van der Waals surface area contributed by atoms with Crippen molar-refractivity contribution < 1.29 is 14.4 Å². The third kappa shape index (κ3) is 2.84. The van der Waals surface area contributed by atoms with E-state index in [1.165, 1.54) is 12.2 Å². The van der Waals surface area contributed by atoms with Crippen LogP contribution in [0.5, 0.6) is 0 Å².